The van der Waals surface area contributed by atoms with Gasteiger partial charge in [-0.15, -0.1) is 0 Å². The Kier molecular flexibility index (Phi) is 3.33. The summed E-state index contributed by atoms with van der Waals surface area (Å²) in [4.78, 5) is 31.2. The zero-order valence-corrected chi connectivity index (χ0v) is 10.7. The zero-order chi connectivity index (χ0) is 14.0. The highest BCUT2D eigenvalue weighted by Gasteiger charge is 2.11. The normalized spacial score (nSPS) is 11.1. The number of fused-ring (bicyclic) bond motifs is 1. The number of nitrogens with zero attached hydrogens (tertiary/aromatic N) is 2. The first-order valence-corrected chi connectivity index (χ1v) is 5.65. The van der Waals surface area contributed by atoms with Crippen LogP contribution in [-0.2, 0) is 4.79 Å². The van der Waals surface area contributed by atoms with Gasteiger partial charge in [-0.2, -0.15) is 0 Å². The number of carbonyl (C=O) groups excluding carboxylic acids is 2. The highest BCUT2D eigenvalue weighted by Crippen LogP contribution is 2.19. The highest BCUT2D eigenvalue weighted by molar-refractivity contribution is 5.99. The molecule has 0 aliphatic carbocycles. The van der Waals surface area contributed by atoms with Gasteiger partial charge >= 0.3 is 0 Å². The molecule has 0 saturated heterocycles. The van der Waals surface area contributed by atoms with Crippen molar-refractivity contribution >= 4 is 28.9 Å². The smallest absolute Gasteiger partial charge is 0.254 e. The molecule has 0 atom stereocenters. The quantitative estimate of drug-likeness (QED) is 0.796. The van der Waals surface area contributed by atoms with Crippen LogP contribution in [0.1, 0.15) is 15.9 Å². The fourth-order valence-corrected chi connectivity index (χ4v) is 1.71. The number of nitrogens with one attached hydrogen (secondary N) is 1. The van der Waals surface area contributed by atoms with E-state index in [0.29, 0.717) is 11.2 Å². The monoisotopic (exact) mass is 258 g/mol. The number of aromatic amines is 1. The average molecular weight is 258 g/mol. The molecule has 2 aromatic rings. The van der Waals surface area contributed by atoms with Crippen LogP contribution in [0.25, 0.3) is 17.1 Å². The number of carbonyl (C=O) groups is 2. The van der Waals surface area contributed by atoms with E-state index in [1.54, 1.807) is 32.4 Å². The molecule has 0 aromatic carbocycles. The van der Waals surface area contributed by atoms with Crippen molar-refractivity contribution in [1.29, 1.82) is 0 Å². The zero-order valence-electron chi connectivity index (χ0n) is 10.7. The van der Waals surface area contributed by atoms with Crippen LogP contribution in [0.5, 0.6) is 0 Å². The number of hydrogen-bond acceptors (Lipinski definition) is 3. The van der Waals surface area contributed by atoms with Crippen molar-refractivity contribution < 1.29 is 9.59 Å². The number of H-pyrrole nitrogens is 1. The summed E-state index contributed by atoms with van der Waals surface area (Å²) >= 11 is 0. The Morgan fingerprint density at radius 3 is 2.79 bits per heavy atom. The second kappa shape index (κ2) is 4.93. The molecule has 98 valence electrons. The highest BCUT2D eigenvalue weighted by atomic mass is 16.2. The number of aromatic nitrogens is 2. The maximum atomic E-state index is 11.9. The first kappa shape index (κ1) is 12.8. The molecule has 3 N–H and O–H groups in total. The predicted molar refractivity (Wildman–Crippen MR) is 72.3 cm³/mol. The minimum Gasteiger partial charge on any atom is -0.366 e. The molecule has 0 spiro atoms. The van der Waals surface area contributed by atoms with Gasteiger partial charge in [0.1, 0.15) is 5.65 Å². The van der Waals surface area contributed by atoms with Crippen LogP contribution < -0.4 is 5.73 Å². The van der Waals surface area contributed by atoms with Crippen molar-refractivity contribution in [3.8, 4) is 0 Å². The second-order valence-electron chi connectivity index (χ2n) is 4.30. The van der Waals surface area contributed by atoms with Crippen LogP contribution in [0, 0.1) is 0 Å². The first-order valence-electron chi connectivity index (χ1n) is 5.65. The molecule has 2 aromatic heterocycles. The van der Waals surface area contributed by atoms with Crippen LogP contribution in [-0.4, -0.2) is 40.8 Å². The van der Waals surface area contributed by atoms with Crippen LogP contribution in [0.4, 0.5) is 0 Å². The van der Waals surface area contributed by atoms with Crippen molar-refractivity contribution in [3.63, 3.8) is 0 Å². The van der Waals surface area contributed by atoms with E-state index < -0.39 is 5.91 Å². The fraction of sp³-hybridized carbons (Fsp3) is 0.154. The summed E-state index contributed by atoms with van der Waals surface area (Å²) in [5.74, 6) is -0.650. The Bertz CT molecular complexity index is 670. The van der Waals surface area contributed by atoms with E-state index in [1.807, 2.05) is 0 Å². The Morgan fingerprint density at radius 1 is 1.42 bits per heavy atom. The average Bonchev–Trinajstić information content (AvgIpc) is 2.77. The number of pyridine rings is 1. The second-order valence-corrected chi connectivity index (χ2v) is 4.30. The lowest BCUT2D eigenvalue weighted by molar-refractivity contribution is -0.113. The lowest BCUT2D eigenvalue weighted by atomic mass is 10.1. The lowest BCUT2D eigenvalue weighted by Crippen LogP contribution is -2.21. The number of amides is 2. The van der Waals surface area contributed by atoms with Crippen molar-refractivity contribution in [2.75, 3.05) is 14.1 Å². The number of rotatable bonds is 3. The molecule has 0 unspecified atom stereocenters. The molecule has 0 fully saturated rings. The number of primary amides is 1. The van der Waals surface area contributed by atoms with E-state index in [1.165, 1.54) is 17.2 Å². The Labute approximate surface area is 109 Å². The van der Waals surface area contributed by atoms with Gasteiger partial charge < -0.3 is 15.6 Å². The van der Waals surface area contributed by atoms with Gasteiger partial charge in [0.15, 0.2) is 0 Å². The largest absolute Gasteiger partial charge is 0.366 e. The molecule has 0 aliphatic heterocycles. The van der Waals surface area contributed by atoms with E-state index in [4.69, 9.17) is 5.73 Å². The fourth-order valence-electron chi connectivity index (χ4n) is 1.71. The molecule has 2 rings (SSSR count). The van der Waals surface area contributed by atoms with Gasteiger partial charge in [0.25, 0.3) is 5.91 Å². The predicted octanol–water partition coefficient (Wildman–Crippen LogP) is 0.763. The molecular weight excluding hydrogens is 244 g/mol. The maximum absolute atomic E-state index is 11.9. The third-order valence-corrected chi connectivity index (χ3v) is 2.64. The van der Waals surface area contributed by atoms with E-state index in [-0.39, 0.29) is 5.91 Å². The van der Waals surface area contributed by atoms with Crippen LogP contribution >= 0.6 is 0 Å². The van der Waals surface area contributed by atoms with E-state index >= 15 is 0 Å². The summed E-state index contributed by atoms with van der Waals surface area (Å²) in [7, 11) is 3.36. The van der Waals surface area contributed by atoms with Crippen molar-refractivity contribution in [1.82, 2.24) is 14.9 Å². The van der Waals surface area contributed by atoms with Crippen LogP contribution in [0.15, 0.2) is 24.5 Å². The molecule has 0 radical (unpaired) electrons. The van der Waals surface area contributed by atoms with Gasteiger partial charge in [-0.1, -0.05) is 0 Å². The minimum atomic E-state index is -0.525. The van der Waals surface area contributed by atoms with Crippen molar-refractivity contribution in [2.45, 2.75) is 0 Å². The summed E-state index contributed by atoms with van der Waals surface area (Å²) in [5, 5.41) is 0.769. The summed E-state index contributed by atoms with van der Waals surface area (Å²) in [6.07, 6.45) is 6.08. The Morgan fingerprint density at radius 2 is 2.16 bits per heavy atom. The third kappa shape index (κ3) is 2.62. The summed E-state index contributed by atoms with van der Waals surface area (Å²) < 4.78 is 0. The minimum absolute atomic E-state index is 0.125. The van der Waals surface area contributed by atoms with Gasteiger partial charge in [-0.3, -0.25) is 9.59 Å². The molecule has 19 heavy (non-hydrogen) atoms. The Balaban J connectivity index is 2.48. The van der Waals surface area contributed by atoms with E-state index in [2.05, 4.69) is 9.97 Å². The van der Waals surface area contributed by atoms with E-state index in [0.717, 1.165) is 10.9 Å². The summed E-state index contributed by atoms with van der Waals surface area (Å²) in [5.41, 5.74) is 6.96. The van der Waals surface area contributed by atoms with Gasteiger partial charge in [0.05, 0.1) is 5.56 Å². The molecular formula is C13H14N4O2. The summed E-state index contributed by atoms with van der Waals surface area (Å²) in [6.45, 7) is 0. The number of hydrogen-bond donors (Lipinski definition) is 2. The molecule has 0 saturated carbocycles. The molecule has 2 heterocycles. The Hall–Kier alpha value is -2.63. The van der Waals surface area contributed by atoms with Gasteiger partial charge in [-0.25, -0.2) is 4.98 Å². The first-order chi connectivity index (χ1) is 8.99. The SMILES string of the molecule is CN(C)C(=O)c1cnc2[nH]cc(C=CC(N)=O)c2c1. The molecule has 6 heteroatoms. The van der Waals surface area contributed by atoms with E-state index in [9.17, 15) is 9.59 Å². The molecule has 0 aliphatic rings. The standard InChI is InChI=1S/C13H14N4O2/c1-17(2)13(19)9-5-10-8(3-4-11(14)18)6-15-12(10)16-7-9/h3-7H,1-2H3,(H2,14,18)(H,15,16). The lowest BCUT2D eigenvalue weighted by Gasteiger charge is -2.09. The number of nitrogens with two attached hydrogens (primary N) is 1. The summed E-state index contributed by atoms with van der Waals surface area (Å²) in [6, 6.07) is 1.74. The van der Waals surface area contributed by atoms with Gasteiger partial charge in [0.2, 0.25) is 5.91 Å². The van der Waals surface area contributed by atoms with Crippen molar-refractivity contribution in [3.05, 3.63) is 35.7 Å². The van der Waals surface area contributed by atoms with Crippen molar-refractivity contribution in [2.24, 2.45) is 5.73 Å². The maximum Gasteiger partial charge on any atom is 0.254 e. The van der Waals surface area contributed by atoms with Crippen LogP contribution in [0.2, 0.25) is 0 Å². The van der Waals surface area contributed by atoms with Gasteiger partial charge in [0, 0.05) is 43.5 Å². The van der Waals surface area contributed by atoms with Gasteiger partial charge in [-0.05, 0) is 12.1 Å². The molecule has 6 nitrogen and oxygen atoms in total. The van der Waals surface area contributed by atoms with Crippen LogP contribution in [0.3, 0.4) is 0 Å². The topological polar surface area (TPSA) is 92.1 Å². The third-order valence-electron chi connectivity index (χ3n) is 2.64. The molecule has 2 amide bonds. The molecule has 0 bridgehead atoms.